The maximum absolute atomic E-state index is 12.5. The molecule has 1 rings (SSSR count). The molecule has 0 fully saturated rings. The van der Waals surface area contributed by atoms with Crippen LogP contribution >= 0.6 is 0 Å². The van der Waals surface area contributed by atoms with E-state index in [0.717, 1.165) is 4.90 Å². The highest BCUT2D eigenvalue weighted by molar-refractivity contribution is 5.69. The highest BCUT2D eigenvalue weighted by Gasteiger charge is 2.34. The molecule has 7 heteroatoms. The molecule has 1 N–H and O–H groups in total. The molecule has 0 radical (unpaired) electrons. The normalized spacial score (nSPS) is 13.8. The van der Waals surface area contributed by atoms with Gasteiger partial charge in [-0.15, -0.1) is 0 Å². The van der Waals surface area contributed by atoms with Gasteiger partial charge in [-0.3, -0.25) is 9.69 Å². The first-order valence-electron chi connectivity index (χ1n) is 5.69. The van der Waals surface area contributed by atoms with Gasteiger partial charge in [-0.25, -0.2) is 0 Å². The number of aliphatic carboxylic acids is 1. The number of aryl methyl sites for hydroxylation is 2. The lowest BCUT2D eigenvalue weighted by molar-refractivity contribution is -0.158. The Morgan fingerprint density at radius 1 is 1.47 bits per heavy atom. The lowest BCUT2D eigenvalue weighted by atomic mass is 10.1. The van der Waals surface area contributed by atoms with Crippen LogP contribution in [0.15, 0.2) is 10.5 Å². The van der Waals surface area contributed by atoms with Crippen molar-refractivity contribution < 1.29 is 27.5 Å². The molecule has 1 unspecified atom stereocenters. The van der Waals surface area contributed by atoms with Gasteiger partial charge in [-0.2, -0.15) is 13.2 Å². The van der Waals surface area contributed by atoms with Gasteiger partial charge in [0.05, 0.1) is 13.1 Å². The first-order chi connectivity index (χ1) is 8.60. The van der Waals surface area contributed by atoms with Crippen LogP contribution < -0.4 is 0 Å². The first kappa shape index (κ1) is 15.6. The van der Waals surface area contributed by atoms with E-state index in [-0.39, 0.29) is 0 Å². The fourth-order valence-corrected chi connectivity index (χ4v) is 2.00. The number of carboxylic acid groups (broad SMARTS) is 1. The molecule has 1 aromatic rings. The minimum Gasteiger partial charge on any atom is -0.480 e. The van der Waals surface area contributed by atoms with Crippen molar-refractivity contribution in [1.29, 1.82) is 0 Å². The van der Waals surface area contributed by atoms with Gasteiger partial charge in [0.15, 0.2) is 0 Å². The standard InChI is InChI=1S/C12H16F3NO3/c1-7-4-10(9(3)19-7)8(2)16(5-11(17)18)6-12(13,14)15/h4,8H,5-6H2,1-3H3,(H,17,18). The van der Waals surface area contributed by atoms with E-state index in [1.165, 1.54) is 6.92 Å². The van der Waals surface area contributed by atoms with Crippen molar-refractivity contribution in [2.24, 2.45) is 0 Å². The maximum Gasteiger partial charge on any atom is 0.401 e. The second-order valence-electron chi connectivity index (χ2n) is 4.46. The number of hydrogen-bond acceptors (Lipinski definition) is 3. The number of alkyl halides is 3. The van der Waals surface area contributed by atoms with E-state index in [1.54, 1.807) is 19.9 Å². The van der Waals surface area contributed by atoms with Crippen molar-refractivity contribution >= 4 is 5.97 Å². The van der Waals surface area contributed by atoms with Crippen molar-refractivity contribution in [3.05, 3.63) is 23.2 Å². The monoisotopic (exact) mass is 279 g/mol. The number of furan rings is 1. The molecular formula is C12H16F3NO3. The molecule has 0 amide bonds. The Morgan fingerprint density at radius 2 is 2.05 bits per heavy atom. The minimum absolute atomic E-state index is 0.502. The van der Waals surface area contributed by atoms with Gasteiger partial charge in [0, 0.05) is 11.6 Å². The lowest BCUT2D eigenvalue weighted by Crippen LogP contribution is -2.39. The van der Waals surface area contributed by atoms with Crippen LogP contribution in [0.4, 0.5) is 13.2 Å². The molecule has 1 aromatic heterocycles. The molecule has 0 aliphatic carbocycles. The molecule has 0 saturated heterocycles. The Hall–Kier alpha value is -1.50. The lowest BCUT2D eigenvalue weighted by Gasteiger charge is -2.28. The third-order valence-corrected chi connectivity index (χ3v) is 2.80. The molecule has 0 bridgehead atoms. The Morgan fingerprint density at radius 3 is 2.42 bits per heavy atom. The second-order valence-corrected chi connectivity index (χ2v) is 4.46. The van der Waals surface area contributed by atoms with Crippen LogP contribution in [-0.2, 0) is 4.79 Å². The molecule has 4 nitrogen and oxygen atoms in total. The number of nitrogens with zero attached hydrogens (tertiary/aromatic N) is 1. The van der Waals surface area contributed by atoms with Gasteiger partial charge < -0.3 is 9.52 Å². The summed E-state index contributed by atoms with van der Waals surface area (Å²) in [6.45, 7) is 2.92. The van der Waals surface area contributed by atoms with Crippen molar-refractivity contribution in [3.8, 4) is 0 Å². The van der Waals surface area contributed by atoms with Crippen LogP contribution in [0.3, 0.4) is 0 Å². The molecule has 0 aliphatic heterocycles. The summed E-state index contributed by atoms with van der Waals surface area (Å²) in [5.41, 5.74) is 0.572. The average molecular weight is 279 g/mol. The Balaban J connectivity index is 2.96. The SMILES string of the molecule is Cc1cc(C(C)N(CC(=O)O)CC(F)(F)F)c(C)o1. The van der Waals surface area contributed by atoms with Gasteiger partial charge in [0.2, 0.25) is 0 Å². The second kappa shape index (κ2) is 5.64. The fourth-order valence-electron chi connectivity index (χ4n) is 2.00. The fraction of sp³-hybridized carbons (Fsp3) is 0.583. The molecule has 1 heterocycles. The van der Waals surface area contributed by atoms with Crippen LogP contribution in [0.1, 0.15) is 30.0 Å². The topological polar surface area (TPSA) is 53.7 Å². The predicted octanol–water partition coefficient (Wildman–Crippen LogP) is 2.91. The summed E-state index contributed by atoms with van der Waals surface area (Å²) >= 11 is 0. The quantitative estimate of drug-likeness (QED) is 0.900. The van der Waals surface area contributed by atoms with Gasteiger partial charge in [-0.1, -0.05) is 0 Å². The first-order valence-corrected chi connectivity index (χ1v) is 5.69. The van der Waals surface area contributed by atoms with Crippen molar-refractivity contribution in [2.45, 2.75) is 33.0 Å². The van der Waals surface area contributed by atoms with Crippen LogP contribution in [0, 0.1) is 13.8 Å². The largest absolute Gasteiger partial charge is 0.480 e. The molecule has 0 spiro atoms. The van der Waals surface area contributed by atoms with Crippen LogP contribution in [0.5, 0.6) is 0 Å². The van der Waals surface area contributed by atoms with Crippen molar-refractivity contribution in [3.63, 3.8) is 0 Å². The van der Waals surface area contributed by atoms with Crippen LogP contribution in [0.2, 0.25) is 0 Å². The summed E-state index contributed by atoms with van der Waals surface area (Å²) in [5.74, 6) is -0.210. The Kier molecular flexibility index (Phi) is 4.62. The molecule has 0 aromatic carbocycles. The molecular weight excluding hydrogens is 263 g/mol. The summed E-state index contributed by atoms with van der Waals surface area (Å²) in [6, 6.07) is 0.945. The Bertz CT molecular complexity index is 454. The summed E-state index contributed by atoms with van der Waals surface area (Å²) < 4.78 is 42.7. The highest BCUT2D eigenvalue weighted by Crippen LogP contribution is 2.29. The van der Waals surface area contributed by atoms with Gasteiger partial charge in [0.25, 0.3) is 0 Å². The van der Waals surface area contributed by atoms with E-state index < -0.39 is 31.3 Å². The minimum atomic E-state index is -4.45. The van der Waals surface area contributed by atoms with Crippen LogP contribution in [0.25, 0.3) is 0 Å². The molecule has 0 saturated carbocycles. The zero-order chi connectivity index (χ0) is 14.8. The summed E-state index contributed by atoms with van der Waals surface area (Å²) in [4.78, 5) is 11.5. The molecule has 19 heavy (non-hydrogen) atoms. The van der Waals surface area contributed by atoms with E-state index in [0.29, 0.717) is 17.1 Å². The number of halogens is 3. The Labute approximate surface area is 108 Å². The van der Waals surface area contributed by atoms with E-state index >= 15 is 0 Å². The smallest absolute Gasteiger partial charge is 0.401 e. The van der Waals surface area contributed by atoms with Crippen molar-refractivity contribution in [1.82, 2.24) is 4.90 Å². The van der Waals surface area contributed by atoms with Gasteiger partial charge in [0.1, 0.15) is 11.5 Å². The van der Waals surface area contributed by atoms with Gasteiger partial charge in [-0.05, 0) is 26.8 Å². The van der Waals surface area contributed by atoms with E-state index in [1.807, 2.05) is 0 Å². The summed E-state index contributed by atoms with van der Waals surface area (Å²) in [6.07, 6.45) is -4.45. The molecule has 0 aliphatic rings. The number of carbonyl (C=O) groups is 1. The van der Waals surface area contributed by atoms with E-state index in [2.05, 4.69) is 0 Å². The van der Waals surface area contributed by atoms with Gasteiger partial charge >= 0.3 is 12.1 Å². The number of hydrogen-bond donors (Lipinski definition) is 1. The highest BCUT2D eigenvalue weighted by atomic mass is 19.4. The number of carboxylic acids is 1. The third kappa shape index (κ3) is 4.59. The predicted molar refractivity (Wildman–Crippen MR) is 61.9 cm³/mol. The van der Waals surface area contributed by atoms with Crippen LogP contribution in [-0.4, -0.2) is 35.2 Å². The average Bonchev–Trinajstić information content (AvgIpc) is 2.53. The summed E-state index contributed by atoms with van der Waals surface area (Å²) in [7, 11) is 0. The third-order valence-electron chi connectivity index (χ3n) is 2.80. The maximum atomic E-state index is 12.5. The zero-order valence-corrected chi connectivity index (χ0v) is 10.9. The zero-order valence-electron chi connectivity index (χ0n) is 10.9. The molecule has 108 valence electrons. The molecule has 1 atom stereocenters. The summed E-state index contributed by atoms with van der Waals surface area (Å²) in [5, 5.41) is 8.72. The number of rotatable bonds is 5. The van der Waals surface area contributed by atoms with E-state index in [9.17, 15) is 18.0 Å². The van der Waals surface area contributed by atoms with Crippen molar-refractivity contribution in [2.75, 3.05) is 13.1 Å². The van der Waals surface area contributed by atoms with E-state index in [4.69, 9.17) is 9.52 Å².